The monoisotopic (exact) mass is 382 g/mol. The predicted octanol–water partition coefficient (Wildman–Crippen LogP) is 5.64. The summed E-state index contributed by atoms with van der Waals surface area (Å²) >= 11 is 16.3. The summed E-state index contributed by atoms with van der Waals surface area (Å²) in [6.07, 6.45) is 0. The fraction of sp³-hybridized carbons (Fsp3) is 0.167. The summed E-state index contributed by atoms with van der Waals surface area (Å²) in [5, 5.41) is -0.104. The lowest BCUT2D eigenvalue weighted by atomic mass is 10.1. The molecule has 4 heteroatoms. The van der Waals surface area contributed by atoms with Gasteiger partial charge in [0.1, 0.15) is 0 Å². The van der Waals surface area contributed by atoms with Crippen molar-refractivity contribution in [3.63, 3.8) is 0 Å². The number of thiophene rings is 1. The van der Waals surface area contributed by atoms with Gasteiger partial charge in [-0.15, -0.1) is 22.9 Å². The zero-order valence-corrected chi connectivity index (χ0v) is 13.0. The Morgan fingerprint density at radius 1 is 1.25 bits per heavy atom. The van der Waals surface area contributed by atoms with E-state index in [0.29, 0.717) is 0 Å². The quantitative estimate of drug-likeness (QED) is 0.465. The molecule has 1 aromatic heterocycles. The SMILES string of the molecule is Cc1cc(C(Cl)c2ccc(I)cc2)sc1Cl. The van der Waals surface area contributed by atoms with Crippen molar-refractivity contribution in [3.8, 4) is 0 Å². The second-order valence-corrected chi connectivity index (χ2v) is 6.89. The van der Waals surface area contributed by atoms with Crippen LogP contribution in [-0.4, -0.2) is 0 Å². The van der Waals surface area contributed by atoms with Crippen molar-refractivity contribution in [2.24, 2.45) is 0 Å². The van der Waals surface area contributed by atoms with Crippen LogP contribution < -0.4 is 0 Å². The van der Waals surface area contributed by atoms with Crippen molar-refractivity contribution >= 4 is 57.1 Å². The molecule has 0 nitrogen and oxygen atoms in total. The summed E-state index contributed by atoms with van der Waals surface area (Å²) in [4.78, 5) is 1.10. The van der Waals surface area contributed by atoms with Gasteiger partial charge in [-0.3, -0.25) is 0 Å². The van der Waals surface area contributed by atoms with Gasteiger partial charge in [-0.25, -0.2) is 0 Å². The topological polar surface area (TPSA) is 0 Å². The van der Waals surface area contributed by atoms with Gasteiger partial charge in [0.05, 0.1) is 9.71 Å². The highest BCUT2D eigenvalue weighted by molar-refractivity contribution is 14.1. The van der Waals surface area contributed by atoms with E-state index in [1.165, 1.54) is 3.57 Å². The van der Waals surface area contributed by atoms with Crippen LogP contribution >= 0.6 is 57.1 Å². The Balaban J connectivity index is 2.31. The van der Waals surface area contributed by atoms with Crippen molar-refractivity contribution in [1.82, 2.24) is 0 Å². The van der Waals surface area contributed by atoms with Crippen molar-refractivity contribution in [1.29, 1.82) is 0 Å². The maximum absolute atomic E-state index is 6.42. The lowest BCUT2D eigenvalue weighted by Crippen LogP contribution is -1.89. The minimum Gasteiger partial charge on any atom is -0.126 e. The summed E-state index contributed by atoms with van der Waals surface area (Å²) < 4.78 is 2.04. The van der Waals surface area contributed by atoms with E-state index in [1.54, 1.807) is 11.3 Å². The van der Waals surface area contributed by atoms with E-state index in [9.17, 15) is 0 Å². The van der Waals surface area contributed by atoms with Crippen LogP contribution in [0, 0.1) is 10.5 Å². The molecule has 1 unspecified atom stereocenters. The molecule has 1 atom stereocenters. The third kappa shape index (κ3) is 2.73. The first-order valence-corrected chi connectivity index (χ1v) is 7.44. The molecular formula is C12H9Cl2IS. The molecule has 0 spiro atoms. The number of aryl methyl sites for hydroxylation is 1. The Hall–Kier alpha value is 0.230. The molecule has 0 fully saturated rings. The second kappa shape index (κ2) is 5.25. The lowest BCUT2D eigenvalue weighted by Gasteiger charge is -2.07. The zero-order valence-electron chi connectivity index (χ0n) is 8.51. The normalized spacial score (nSPS) is 12.8. The molecule has 0 N–H and O–H groups in total. The number of alkyl halides is 1. The van der Waals surface area contributed by atoms with Crippen molar-refractivity contribution in [2.45, 2.75) is 12.3 Å². The summed E-state index contributed by atoms with van der Waals surface area (Å²) in [7, 11) is 0. The highest BCUT2D eigenvalue weighted by Gasteiger charge is 2.14. The van der Waals surface area contributed by atoms with Crippen LogP contribution in [0.5, 0.6) is 0 Å². The molecule has 0 saturated carbocycles. The van der Waals surface area contributed by atoms with Crippen LogP contribution in [0.1, 0.15) is 21.4 Å². The predicted molar refractivity (Wildman–Crippen MR) is 80.9 cm³/mol. The van der Waals surface area contributed by atoms with Gasteiger partial charge in [-0.2, -0.15) is 0 Å². The zero-order chi connectivity index (χ0) is 11.7. The van der Waals surface area contributed by atoms with Gasteiger partial charge in [0, 0.05) is 8.45 Å². The van der Waals surface area contributed by atoms with E-state index in [0.717, 1.165) is 20.3 Å². The van der Waals surface area contributed by atoms with Gasteiger partial charge >= 0.3 is 0 Å². The fourth-order valence-corrected chi connectivity index (χ4v) is 3.33. The first-order chi connectivity index (χ1) is 7.58. The van der Waals surface area contributed by atoms with Gasteiger partial charge in [0.15, 0.2) is 0 Å². The average molecular weight is 383 g/mol. The Labute approximate surface area is 123 Å². The van der Waals surface area contributed by atoms with E-state index >= 15 is 0 Å². The Bertz CT molecular complexity index is 471. The highest BCUT2D eigenvalue weighted by atomic mass is 127. The standard InChI is InChI=1S/C12H9Cl2IS/c1-7-6-10(16-12(7)14)11(13)8-2-4-9(15)5-3-8/h2-6,11H,1H3. The van der Waals surface area contributed by atoms with Crippen LogP contribution in [0.4, 0.5) is 0 Å². The highest BCUT2D eigenvalue weighted by Crippen LogP contribution is 2.37. The number of benzene rings is 1. The number of halogens is 3. The first-order valence-electron chi connectivity index (χ1n) is 4.73. The van der Waals surface area contributed by atoms with Crippen molar-refractivity contribution in [3.05, 3.63) is 54.2 Å². The molecule has 2 rings (SSSR count). The second-order valence-electron chi connectivity index (χ2n) is 3.52. The minimum atomic E-state index is -0.104. The van der Waals surface area contributed by atoms with E-state index in [-0.39, 0.29) is 5.38 Å². The van der Waals surface area contributed by atoms with E-state index in [1.807, 2.05) is 6.92 Å². The minimum absolute atomic E-state index is 0.104. The van der Waals surface area contributed by atoms with Crippen LogP contribution in [0.15, 0.2) is 30.3 Å². The molecule has 2 aromatic rings. The smallest absolute Gasteiger partial charge is 0.0960 e. The molecule has 0 radical (unpaired) electrons. The van der Waals surface area contributed by atoms with Crippen molar-refractivity contribution < 1.29 is 0 Å². The molecule has 0 aliphatic rings. The van der Waals surface area contributed by atoms with Gasteiger partial charge in [-0.1, -0.05) is 23.7 Å². The van der Waals surface area contributed by atoms with E-state index in [4.69, 9.17) is 23.2 Å². The van der Waals surface area contributed by atoms with Gasteiger partial charge < -0.3 is 0 Å². The molecule has 84 valence electrons. The van der Waals surface area contributed by atoms with E-state index in [2.05, 4.69) is 52.9 Å². The molecule has 0 saturated heterocycles. The Morgan fingerprint density at radius 2 is 1.88 bits per heavy atom. The third-order valence-corrected chi connectivity index (χ3v) is 5.24. The molecule has 0 aliphatic heterocycles. The first kappa shape index (κ1) is 12.7. The molecule has 1 aromatic carbocycles. The Kier molecular flexibility index (Phi) is 4.16. The van der Waals surface area contributed by atoms with Crippen LogP contribution in [0.3, 0.4) is 0 Å². The molecule has 0 amide bonds. The summed E-state index contributed by atoms with van der Waals surface area (Å²) in [5.41, 5.74) is 2.21. The van der Waals surface area contributed by atoms with Crippen LogP contribution in [0.2, 0.25) is 4.34 Å². The largest absolute Gasteiger partial charge is 0.126 e. The van der Waals surface area contributed by atoms with Gasteiger partial charge in [0.2, 0.25) is 0 Å². The molecular weight excluding hydrogens is 374 g/mol. The summed E-state index contributed by atoms with van der Waals surface area (Å²) in [5.74, 6) is 0. The Morgan fingerprint density at radius 3 is 2.38 bits per heavy atom. The third-order valence-electron chi connectivity index (χ3n) is 2.29. The maximum Gasteiger partial charge on any atom is 0.0960 e. The summed E-state index contributed by atoms with van der Waals surface area (Å²) in [6.45, 7) is 2.00. The number of rotatable bonds is 2. The van der Waals surface area contributed by atoms with Crippen LogP contribution in [0.25, 0.3) is 0 Å². The lowest BCUT2D eigenvalue weighted by molar-refractivity contribution is 1.18. The molecule has 16 heavy (non-hydrogen) atoms. The number of hydrogen-bond acceptors (Lipinski definition) is 1. The summed E-state index contributed by atoms with van der Waals surface area (Å²) in [6, 6.07) is 10.3. The van der Waals surface area contributed by atoms with Crippen LogP contribution in [-0.2, 0) is 0 Å². The fourth-order valence-electron chi connectivity index (χ4n) is 1.40. The van der Waals surface area contributed by atoms with Gasteiger partial charge in [0.25, 0.3) is 0 Å². The van der Waals surface area contributed by atoms with Gasteiger partial charge in [-0.05, 0) is 58.8 Å². The molecule has 1 heterocycles. The molecule has 0 bridgehead atoms. The maximum atomic E-state index is 6.42. The average Bonchev–Trinajstić information content (AvgIpc) is 2.59. The van der Waals surface area contributed by atoms with E-state index < -0.39 is 0 Å². The van der Waals surface area contributed by atoms with Crippen molar-refractivity contribution in [2.75, 3.05) is 0 Å². The molecule has 0 aliphatic carbocycles. The number of hydrogen-bond donors (Lipinski definition) is 0.